The maximum absolute atomic E-state index is 13.4. The van der Waals surface area contributed by atoms with E-state index in [-0.39, 0.29) is 0 Å². The fourth-order valence-electron chi connectivity index (χ4n) is 4.37. The van der Waals surface area contributed by atoms with Crippen molar-refractivity contribution < 1.29 is 45.6 Å². The molecule has 3 aliphatic rings. The molecular weight excluding hydrogens is 739 g/mol. The first-order valence-corrected chi connectivity index (χ1v) is 12.2. The summed E-state index contributed by atoms with van der Waals surface area (Å²) < 4.78 is 69.0. The van der Waals surface area contributed by atoms with E-state index in [9.17, 15) is 36.1 Å². The minimum Gasteiger partial charge on any atom is -0.746 e. The molecule has 2 bridgehead atoms. The molecule has 3 heterocycles. The van der Waals surface area contributed by atoms with E-state index in [1.54, 1.807) is 46.4 Å². The molecule has 0 aromatic rings. The summed E-state index contributed by atoms with van der Waals surface area (Å²) in [4.78, 5) is 40.1. The van der Waals surface area contributed by atoms with Gasteiger partial charge in [0.1, 0.15) is 16.2 Å². The van der Waals surface area contributed by atoms with Crippen LogP contribution in [0.25, 0.3) is 0 Å². The predicted molar refractivity (Wildman–Crippen MR) is 107 cm³/mol. The fourth-order valence-corrected chi connectivity index (χ4v) is 6.61. The Balaban J connectivity index is 0.00000385. The molecule has 9 nitrogen and oxygen atoms in total. The first kappa shape index (κ1) is 26.8. The minimum absolute atomic E-state index is 0. The van der Waals surface area contributed by atoms with Crippen LogP contribution >= 0.6 is 11.8 Å². The monoisotopic (exact) mass is 764 g/mol. The predicted octanol–water partition coefficient (Wildman–Crippen LogP) is 1.53. The summed E-state index contributed by atoms with van der Waals surface area (Å²) in [6.45, 7) is 9.68. The van der Waals surface area contributed by atoms with Gasteiger partial charge in [0.25, 0.3) is 11.2 Å². The van der Waals surface area contributed by atoms with E-state index in [0.29, 0.717) is 0 Å². The average molecular weight is 765 g/mol. The molecule has 33 heavy (non-hydrogen) atoms. The van der Waals surface area contributed by atoms with E-state index in [0.717, 1.165) is 0 Å². The Kier molecular flexibility index (Phi) is 6.33. The number of carbonyl (C=O) groups excluding carboxylic acids is 3. The van der Waals surface area contributed by atoms with Gasteiger partial charge in [-0.2, -0.15) is 0 Å². The van der Waals surface area contributed by atoms with Crippen LogP contribution < -0.4 is 0 Å². The third-order valence-corrected chi connectivity index (χ3v) is 8.25. The molecule has 3 aliphatic heterocycles. The van der Waals surface area contributed by atoms with Crippen molar-refractivity contribution in [2.24, 2.45) is 17.3 Å². The van der Waals surface area contributed by atoms with Crippen molar-refractivity contribution in [3.63, 3.8) is 0 Å². The second-order valence-electron chi connectivity index (χ2n) is 10.2. The molecule has 3 fully saturated rings. The standard InChI is InChI=1S/C19H26F2NO8S2.Rf/c1-17(2,3)16(25)30-11-10-12-8(14(23)22(10)18(4,5)6)9(13(11)31-12)15(24)29-7-19(20,21)32(26,27)28;/h7-13H,1-6H3,(H,26,27,28);/q-1;/p-1. The van der Waals surface area contributed by atoms with E-state index in [1.165, 1.54) is 11.8 Å². The van der Waals surface area contributed by atoms with Crippen molar-refractivity contribution in [3.05, 3.63) is 6.61 Å². The third-order valence-electron chi connectivity index (χ3n) is 5.72. The van der Waals surface area contributed by atoms with Gasteiger partial charge < -0.3 is 18.9 Å². The van der Waals surface area contributed by atoms with Crippen molar-refractivity contribution in [3.8, 4) is 0 Å². The topological polar surface area (TPSA) is 130 Å². The van der Waals surface area contributed by atoms with E-state index in [1.807, 2.05) is 0 Å². The minimum atomic E-state index is -6.09. The van der Waals surface area contributed by atoms with Gasteiger partial charge >= 0.3 is 5.97 Å². The van der Waals surface area contributed by atoms with Crippen molar-refractivity contribution in [2.75, 3.05) is 0 Å². The summed E-state index contributed by atoms with van der Waals surface area (Å²) in [6.07, 6.45) is -0.889. The van der Waals surface area contributed by atoms with E-state index >= 15 is 0 Å². The van der Waals surface area contributed by atoms with Gasteiger partial charge in [0.05, 0.1) is 28.5 Å². The van der Waals surface area contributed by atoms with Gasteiger partial charge in [0, 0.05) is 10.8 Å². The molecule has 3 rings (SSSR count). The van der Waals surface area contributed by atoms with Gasteiger partial charge in [-0.1, -0.05) is 6.61 Å². The van der Waals surface area contributed by atoms with Crippen molar-refractivity contribution >= 4 is 39.7 Å². The largest absolute Gasteiger partial charge is 0.746 e. The number of ether oxygens (including phenoxy) is 2. The van der Waals surface area contributed by atoms with Crippen LogP contribution in [0.5, 0.6) is 0 Å². The van der Waals surface area contributed by atoms with Crippen LogP contribution in [-0.2, 0) is 34.0 Å². The van der Waals surface area contributed by atoms with Gasteiger partial charge in [-0.05, 0) is 41.5 Å². The van der Waals surface area contributed by atoms with Crippen LogP contribution in [0.3, 0.4) is 0 Å². The molecule has 0 aromatic carbocycles. The van der Waals surface area contributed by atoms with Gasteiger partial charge in [-0.3, -0.25) is 14.4 Å². The number of fused-ring (bicyclic) bond motifs is 1. The van der Waals surface area contributed by atoms with Crippen LogP contribution in [0.1, 0.15) is 41.5 Å². The summed E-state index contributed by atoms with van der Waals surface area (Å²) in [7, 11) is -6.09. The Morgan fingerprint density at radius 1 is 1.12 bits per heavy atom. The van der Waals surface area contributed by atoms with Gasteiger partial charge in [0.15, 0.2) is 0 Å². The summed E-state index contributed by atoms with van der Waals surface area (Å²) in [6, 6.07) is -0.509. The van der Waals surface area contributed by atoms with E-state index in [2.05, 4.69) is 4.74 Å². The molecule has 0 aromatic heterocycles. The number of halogens is 2. The second-order valence-corrected chi connectivity index (χ2v) is 13.0. The molecule has 6 atom stereocenters. The van der Waals surface area contributed by atoms with E-state index < -0.39 is 85.3 Å². The van der Waals surface area contributed by atoms with Crippen LogP contribution in [0, 0.1) is 23.9 Å². The molecule has 1 amide bonds. The molecule has 0 N–H and O–H groups in total. The van der Waals surface area contributed by atoms with Crippen LogP contribution in [-0.4, -0.2) is 69.2 Å². The summed E-state index contributed by atoms with van der Waals surface area (Å²) in [5.74, 6) is -4.39. The molecular formula is C19H25F2NO8RfS2-2. The molecule has 0 saturated carbocycles. The number of carbonyl (C=O) groups is 3. The number of hydrogen-bond donors (Lipinski definition) is 0. The zero-order valence-electron chi connectivity index (χ0n) is 19.0. The van der Waals surface area contributed by atoms with Crippen molar-refractivity contribution in [2.45, 2.75) is 75.0 Å². The Bertz CT molecular complexity index is 946. The smallest absolute Gasteiger partial charge is 0.311 e. The molecule has 14 heteroatoms. The number of alkyl halides is 2. The third kappa shape index (κ3) is 4.25. The summed E-state index contributed by atoms with van der Waals surface area (Å²) in [5, 5.41) is -6.12. The van der Waals surface area contributed by atoms with Crippen LogP contribution in [0.15, 0.2) is 0 Å². The number of esters is 2. The molecule has 0 aliphatic carbocycles. The number of likely N-dealkylation sites (tertiary alicyclic amines) is 1. The molecule has 184 valence electrons. The molecule has 0 radical (unpaired) electrons. The molecule has 0 spiro atoms. The Morgan fingerprint density at radius 2 is 1.67 bits per heavy atom. The van der Waals surface area contributed by atoms with Gasteiger partial charge in [0.2, 0.25) is 5.91 Å². The first-order chi connectivity index (χ1) is 14.3. The molecule has 3 saturated heterocycles. The van der Waals surface area contributed by atoms with Gasteiger partial charge in [-0.15, -0.1) is 11.8 Å². The van der Waals surface area contributed by atoms with Crippen molar-refractivity contribution in [1.29, 1.82) is 0 Å². The van der Waals surface area contributed by atoms with Crippen LogP contribution in [0.4, 0.5) is 8.78 Å². The number of thioether (sulfide) groups is 1. The number of amides is 1. The Labute approximate surface area is 189 Å². The average Bonchev–Trinajstić information content (AvgIpc) is 3.19. The zero-order chi connectivity index (χ0) is 24.6. The fraction of sp³-hybridized carbons (Fsp3) is 0.789. The number of hydrogen-bond acceptors (Lipinski definition) is 9. The second kappa shape index (κ2) is 7.79. The maximum atomic E-state index is 13.4. The van der Waals surface area contributed by atoms with Crippen LogP contribution in [0.2, 0.25) is 0 Å². The number of rotatable bonds is 5. The summed E-state index contributed by atoms with van der Waals surface area (Å²) in [5.41, 5.74) is -1.54. The normalized spacial score (nSPS) is 31.4. The van der Waals surface area contributed by atoms with Crippen molar-refractivity contribution in [1.82, 2.24) is 4.90 Å². The Morgan fingerprint density at radius 3 is 2.12 bits per heavy atom. The zero-order valence-corrected chi connectivity index (χ0v) is 27.1. The Hall–Kier alpha value is -2.47. The summed E-state index contributed by atoms with van der Waals surface area (Å²) >= 11 is 1.25. The quantitative estimate of drug-likeness (QED) is 0.233. The SMILES string of the molecule is CC(C)(C)C(=O)OC1C2SC3C(C(=O)N(C(C)(C)C)C13)C2C(=O)O[CH-]C(F)(F)S(=O)(=O)[O-].[Rf]. The van der Waals surface area contributed by atoms with E-state index in [4.69, 9.17) is 4.74 Å². The maximum Gasteiger partial charge on any atom is 0.311 e. The van der Waals surface area contributed by atoms with Gasteiger partial charge in [-0.25, -0.2) is 17.2 Å². The first-order valence-electron chi connectivity index (χ1n) is 9.87. The number of nitrogens with zero attached hydrogens (tertiary/aromatic N) is 1. The molecule has 6 unspecified atom stereocenters.